The number of aromatic nitrogens is 2. The van der Waals surface area contributed by atoms with Gasteiger partial charge in [-0.15, -0.1) is 0 Å². The summed E-state index contributed by atoms with van der Waals surface area (Å²) in [6.07, 6.45) is 1.95. The van der Waals surface area contributed by atoms with Gasteiger partial charge in [0.05, 0.1) is 22.4 Å². The summed E-state index contributed by atoms with van der Waals surface area (Å²) < 4.78 is 9.58. The van der Waals surface area contributed by atoms with Gasteiger partial charge in [0.2, 0.25) is 0 Å². The van der Waals surface area contributed by atoms with Crippen LogP contribution in [0.3, 0.4) is 0 Å². The molecule has 0 bridgehead atoms. The van der Waals surface area contributed by atoms with E-state index in [1.54, 1.807) is 0 Å². The molecule has 0 saturated heterocycles. The summed E-state index contributed by atoms with van der Waals surface area (Å²) in [6, 6.07) is 60.9. The molecule has 10 rings (SSSR count). The van der Waals surface area contributed by atoms with Crippen molar-refractivity contribution in [2.24, 2.45) is 0 Å². The minimum atomic E-state index is -0.346. The third kappa shape index (κ3) is 9.76. The van der Waals surface area contributed by atoms with Gasteiger partial charge in [-0.3, -0.25) is 4.57 Å². The van der Waals surface area contributed by atoms with Crippen LogP contribution in [0.25, 0.3) is 27.6 Å². The van der Waals surface area contributed by atoms with Crippen LogP contribution >= 0.6 is 0 Å². The molecule has 1 aliphatic rings. The Labute approximate surface area is 448 Å². The number of fused-ring (bicyclic) bond motifs is 4. The van der Waals surface area contributed by atoms with Crippen molar-refractivity contribution < 1.29 is 4.74 Å². The molecule has 0 aliphatic carbocycles. The van der Waals surface area contributed by atoms with Gasteiger partial charge in [-0.25, -0.2) is 4.98 Å². The first kappa shape index (κ1) is 51.4. The van der Waals surface area contributed by atoms with E-state index < -0.39 is 0 Å². The number of anilines is 4. The second-order valence-electron chi connectivity index (χ2n) is 26.4. The van der Waals surface area contributed by atoms with Gasteiger partial charge in [-0.05, 0) is 139 Å². The number of rotatable bonds is 9. The predicted octanol–water partition coefficient (Wildman–Crippen LogP) is 19.1. The average molecular weight is 991 g/mol. The quantitative estimate of drug-likeness (QED) is 0.144. The number of pyridine rings is 1. The number of benzene rings is 7. The van der Waals surface area contributed by atoms with Crippen LogP contribution in [0, 0.1) is 0 Å². The summed E-state index contributed by atoms with van der Waals surface area (Å²) in [7, 11) is 0. The van der Waals surface area contributed by atoms with Gasteiger partial charge in [-0.2, -0.15) is 0 Å². The van der Waals surface area contributed by atoms with Crippen LogP contribution in [0.15, 0.2) is 170 Å². The molecule has 0 saturated carbocycles. The van der Waals surface area contributed by atoms with Crippen LogP contribution < -0.4 is 14.5 Å². The van der Waals surface area contributed by atoms with E-state index in [4.69, 9.17) is 9.72 Å². The zero-order valence-electron chi connectivity index (χ0n) is 47.6. The first-order valence-electron chi connectivity index (χ1n) is 27.0. The predicted molar refractivity (Wildman–Crippen MR) is 319 cm³/mol. The van der Waals surface area contributed by atoms with E-state index in [-0.39, 0.29) is 32.5 Å². The summed E-state index contributed by atoms with van der Waals surface area (Å²) in [5.74, 6) is 2.43. The molecular formula is C70H78N4O. The minimum Gasteiger partial charge on any atom is -0.457 e. The van der Waals surface area contributed by atoms with Crippen molar-refractivity contribution in [3.63, 3.8) is 0 Å². The van der Waals surface area contributed by atoms with Crippen molar-refractivity contribution in [1.82, 2.24) is 9.55 Å². The standard InChI is InChI=1S/C70H78N4O/c1-65(2,3)48-27-32-61-63(41-48)73(54-36-51(67(7,8)9)35-52(37-54)68(10,11)12)45-72(61)55-38-53(70(15,16)47-25-21-18-22-26-47)39-57(43-55)75-56-29-30-58-59-40-50(69(13,14)46-23-19-17-20-24-46)28-31-60(59)74(62(58)44-56)64-42-49(33-34-71-64)66(4,5)6/h17-44H,45H2,1-16H3. The fourth-order valence-corrected chi connectivity index (χ4v) is 10.8. The molecular weight excluding hydrogens is 913 g/mol. The Bertz CT molecular complexity index is 3560. The van der Waals surface area contributed by atoms with E-state index in [1.807, 2.05) is 6.20 Å². The lowest BCUT2D eigenvalue weighted by atomic mass is 9.78. The summed E-state index contributed by atoms with van der Waals surface area (Å²) in [6.45, 7) is 37.6. The van der Waals surface area contributed by atoms with E-state index in [0.29, 0.717) is 6.67 Å². The fraction of sp³-hybridized carbons (Fsp3) is 0.329. The largest absolute Gasteiger partial charge is 0.457 e. The van der Waals surface area contributed by atoms with Gasteiger partial charge < -0.3 is 14.5 Å². The van der Waals surface area contributed by atoms with Crippen LogP contribution in [0.2, 0.25) is 0 Å². The number of nitrogens with zero attached hydrogens (tertiary/aromatic N) is 4. The maximum Gasteiger partial charge on any atom is 0.137 e. The summed E-state index contributed by atoms with van der Waals surface area (Å²) >= 11 is 0. The van der Waals surface area contributed by atoms with E-state index >= 15 is 0 Å². The van der Waals surface area contributed by atoms with Crippen LogP contribution in [0.5, 0.6) is 11.5 Å². The molecule has 9 aromatic rings. The lowest BCUT2D eigenvalue weighted by Crippen LogP contribution is -2.26. The molecule has 75 heavy (non-hydrogen) atoms. The van der Waals surface area contributed by atoms with Crippen molar-refractivity contribution >= 4 is 44.6 Å². The lowest BCUT2D eigenvalue weighted by molar-refractivity contribution is 0.480. The topological polar surface area (TPSA) is 33.5 Å². The highest BCUT2D eigenvalue weighted by molar-refractivity contribution is 6.10. The third-order valence-electron chi connectivity index (χ3n) is 16.1. The Morgan fingerprint density at radius 1 is 0.360 bits per heavy atom. The first-order chi connectivity index (χ1) is 35.2. The maximum absolute atomic E-state index is 7.25. The van der Waals surface area contributed by atoms with E-state index in [1.165, 1.54) is 67.0 Å². The summed E-state index contributed by atoms with van der Waals surface area (Å²) in [4.78, 5) is 10.1. The second-order valence-corrected chi connectivity index (χ2v) is 26.4. The molecule has 0 amide bonds. The molecule has 0 spiro atoms. The van der Waals surface area contributed by atoms with Crippen molar-refractivity contribution in [1.29, 1.82) is 0 Å². The maximum atomic E-state index is 7.25. The highest BCUT2D eigenvalue weighted by atomic mass is 16.5. The normalized spacial score (nSPS) is 13.8. The molecule has 0 unspecified atom stereocenters. The Balaban J connectivity index is 1.14. The molecule has 5 heteroatoms. The fourth-order valence-electron chi connectivity index (χ4n) is 10.8. The zero-order valence-corrected chi connectivity index (χ0v) is 47.6. The van der Waals surface area contributed by atoms with Crippen molar-refractivity contribution in [3.8, 4) is 17.3 Å². The van der Waals surface area contributed by atoms with E-state index in [9.17, 15) is 0 Å². The third-order valence-corrected chi connectivity index (χ3v) is 16.1. The van der Waals surface area contributed by atoms with E-state index in [2.05, 4.69) is 289 Å². The highest BCUT2D eigenvalue weighted by Gasteiger charge is 2.34. The highest BCUT2D eigenvalue weighted by Crippen LogP contribution is 2.50. The van der Waals surface area contributed by atoms with Crippen LogP contribution in [0.1, 0.15) is 155 Å². The molecule has 0 N–H and O–H groups in total. The zero-order chi connectivity index (χ0) is 53.6. The molecule has 384 valence electrons. The molecule has 3 heterocycles. The Hall–Kier alpha value is -7.11. The molecule has 2 aromatic heterocycles. The van der Waals surface area contributed by atoms with E-state index in [0.717, 1.165) is 39.4 Å². The first-order valence-corrected chi connectivity index (χ1v) is 27.0. The van der Waals surface area contributed by atoms with Crippen LogP contribution in [-0.2, 0) is 32.5 Å². The number of ether oxygens (including phenoxy) is 1. The molecule has 0 radical (unpaired) electrons. The summed E-state index contributed by atoms with van der Waals surface area (Å²) in [5.41, 5.74) is 16.3. The van der Waals surface area contributed by atoms with Crippen LogP contribution in [0.4, 0.5) is 22.7 Å². The monoisotopic (exact) mass is 991 g/mol. The van der Waals surface area contributed by atoms with Gasteiger partial charge in [-0.1, -0.05) is 190 Å². The molecule has 0 atom stereocenters. The Morgan fingerprint density at radius 2 is 0.893 bits per heavy atom. The van der Waals surface area contributed by atoms with Crippen molar-refractivity contribution in [3.05, 3.63) is 214 Å². The molecule has 0 fully saturated rings. The molecule has 1 aliphatic heterocycles. The average Bonchev–Trinajstić information content (AvgIpc) is 3.92. The second kappa shape index (κ2) is 18.3. The summed E-state index contributed by atoms with van der Waals surface area (Å²) in [5, 5.41) is 2.34. The number of hydrogen-bond acceptors (Lipinski definition) is 4. The smallest absolute Gasteiger partial charge is 0.137 e. The van der Waals surface area contributed by atoms with Gasteiger partial charge in [0, 0.05) is 51.3 Å². The molecule has 7 aromatic carbocycles. The lowest BCUT2D eigenvalue weighted by Gasteiger charge is -2.30. The van der Waals surface area contributed by atoms with Gasteiger partial charge >= 0.3 is 0 Å². The Kier molecular flexibility index (Phi) is 12.6. The Morgan fingerprint density at radius 3 is 1.49 bits per heavy atom. The van der Waals surface area contributed by atoms with Gasteiger partial charge in [0.15, 0.2) is 0 Å². The minimum absolute atomic E-state index is 0.0261. The van der Waals surface area contributed by atoms with Gasteiger partial charge in [0.25, 0.3) is 0 Å². The number of hydrogen-bond donors (Lipinski definition) is 0. The molecule has 5 nitrogen and oxygen atoms in total. The van der Waals surface area contributed by atoms with Crippen LogP contribution in [-0.4, -0.2) is 16.2 Å². The SMILES string of the molecule is CC(C)(C)c1cc(N2CN(c3cc(Oc4ccc5c6cc(C(C)(C)c7ccccc7)ccc6n(-c6cc(C(C)(C)C)ccn6)c5c4)cc(C(C)(C)c4ccccc4)c3)c3ccc(C(C)(C)C)cc32)cc(C(C)(C)C)c1. The van der Waals surface area contributed by atoms with Crippen molar-refractivity contribution in [2.75, 3.05) is 16.5 Å². The van der Waals surface area contributed by atoms with Crippen molar-refractivity contribution in [2.45, 2.75) is 143 Å². The van der Waals surface area contributed by atoms with Gasteiger partial charge in [0.1, 0.15) is 24.0 Å².